The molecule has 2 aromatic carbocycles. The molecule has 0 aromatic heterocycles. The van der Waals surface area contributed by atoms with Gasteiger partial charge in [0, 0.05) is 0 Å². The zero-order valence-electron chi connectivity index (χ0n) is 12.2. The summed E-state index contributed by atoms with van der Waals surface area (Å²) in [5.41, 5.74) is -5.76. The van der Waals surface area contributed by atoms with Gasteiger partial charge >= 0.3 is 18.3 Å². The van der Waals surface area contributed by atoms with E-state index in [1.54, 1.807) is 0 Å². The van der Waals surface area contributed by atoms with Gasteiger partial charge in [0.25, 0.3) is 0 Å². The van der Waals surface area contributed by atoms with Crippen LogP contribution < -0.4 is 0 Å². The second-order valence-electron chi connectivity index (χ2n) is 5.17. The van der Waals surface area contributed by atoms with E-state index in [0.29, 0.717) is 24.3 Å². The average molecular weight is 364 g/mol. The van der Waals surface area contributed by atoms with Gasteiger partial charge in [-0.3, -0.25) is 0 Å². The summed E-state index contributed by atoms with van der Waals surface area (Å²) in [4.78, 5) is 11.5. The highest BCUT2D eigenvalue weighted by atomic mass is 19.4. The number of halogens is 6. The van der Waals surface area contributed by atoms with Gasteiger partial charge < -0.3 is 10.2 Å². The lowest BCUT2D eigenvalue weighted by Crippen LogP contribution is -2.37. The normalized spacial score (nSPS) is 12.9. The third kappa shape index (κ3) is 3.60. The summed E-state index contributed by atoms with van der Waals surface area (Å²) in [6, 6.07) is 5.34. The molecule has 0 heterocycles. The van der Waals surface area contributed by atoms with Crippen LogP contribution in [0.4, 0.5) is 26.3 Å². The van der Waals surface area contributed by atoms with Crippen LogP contribution in [0.1, 0.15) is 22.3 Å². The maximum absolute atomic E-state index is 12.6. The first-order valence-electron chi connectivity index (χ1n) is 6.68. The summed E-state index contributed by atoms with van der Waals surface area (Å²) in [7, 11) is 0. The van der Waals surface area contributed by atoms with Crippen molar-refractivity contribution in [1.82, 2.24) is 0 Å². The molecule has 2 rings (SSSR count). The van der Waals surface area contributed by atoms with E-state index in [9.17, 15) is 41.4 Å². The molecule has 0 saturated heterocycles. The van der Waals surface area contributed by atoms with Crippen LogP contribution in [0, 0.1) is 0 Å². The van der Waals surface area contributed by atoms with Crippen molar-refractivity contribution in [3.63, 3.8) is 0 Å². The molecule has 0 bridgehead atoms. The van der Waals surface area contributed by atoms with E-state index < -0.39 is 46.2 Å². The number of carbonyl (C=O) groups is 1. The van der Waals surface area contributed by atoms with Crippen LogP contribution in [-0.4, -0.2) is 16.2 Å². The number of hydrogen-bond acceptors (Lipinski definition) is 2. The van der Waals surface area contributed by atoms with Crippen molar-refractivity contribution >= 4 is 5.97 Å². The van der Waals surface area contributed by atoms with Gasteiger partial charge in [0.15, 0.2) is 0 Å². The van der Waals surface area contributed by atoms with E-state index in [4.69, 9.17) is 0 Å². The first kappa shape index (κ1) is 18.8. The van der Waals surface area contributed by atoms with Crippen molar-refractivity contribution in [1.29, 1.82) is 0 Å². The summed E-state index contributed by atoms with van der Waals surface area (Å²) in [5, 5.41) is 19.8. The Labute approximate surface area is 137 Å². The molecule has 0 saturated carbocycles. The van der Waals surface area contributed by atoms with E-state index in [2.05, 4.69) is 0 Å². The van der Waals surface area contributed by atoms with E-state index >= 15 is 0 Å². The fourth-order valence-corrected chi connectivity index (χ4v) is 2.21. The van der Waals surface area contributed by atoms with Gasteiger partial charge in [-0.15, -0.1) is 0 Å². The van der Waals surface area contributed by atoms with Crippen LogP contribution in [0.5, 0.6) is 0 Å². The summed E-state index contributed by atoms with van der Waals surface area (Å²) < 4.78 is 75.4. The molecule has 134 valence electrons. The lowest BCUT2D eigenvalue weighted by molar-refractivity contribution is -0.155. The zero-order chi connectivity index (χ0) is 19.0. The molecule has 3 nitrogen and oxygen atoms in total. The number of aliphatic hydroxyl groups is 1. The second-order valence-corrected chi connectivity index (χ2v) is 5.17. The van der Waals surface area contributed by atoms with Gasteiger partial charge in [-0.1, -0.05) is 24.3 Å². The van der Waals surface area contributed by atoms with Gasteiger partial charge in [-0.25, -0.2) is 4.79 Å². The zero-order valence-corrected chi connectivity index (χ0v) is 12.2. The SMILES string of the molecule is O=C(O)C(O)(c1ccc(C(F)(F)F)cc1)c1ccc(C(F)(F)F)cc1. The van der Waals surface area contributed by atoms with Crippen LogP contribution in [0.15, 0.2) is 48.5 Å². The predicted octanol–water partition coefficient (Wildman–Crippen LogP) is 4.04. The minimum Gasteiger partial charge on any atom is -0.479 e. The maximum atomic E-state index is 12.6. The highest BCUT2D eigenvalue weighted by molar-refractivity contribution is 5.83. The van der Waals surface area contributed by atoms with Crippen LogP contribution in [0.2, 0.25) is 0 Å². The molecule has 2 aromatic rings. The molecule has 0 radical (unpaired) electrons. The summed E-state index contributed by atoms with van der Waals surface area (Å²) in [6.07, 6.45) is -9.32. The van der Waals surface area contributed by atoms with Crippen LogP contribution in [0.3, 0.4) is 0 Å². The highest BCUT2D eigenvalue weighted by Gasteiger charge is 2.41. The van der Waals surface area contributed by atoms with E-state index in [-0.39, 0.29) is 0 Å². The van der Waals surface area contributed by atoms with Crippen molar-refractivity contribution in [2.75, 3.05) is 0 Å². The Hall–Kier alpha value is -2.55. The molecule has 25 heavy (non-hydrogen) atoms. The number of carboxylic acid groups (broad SMARTS) is 1. The van der Waals surface area contributed by atoms with Crippen molar-refractivity contribution in [3.8, 4) is 0 Å². The molecule has 9 heteroatoms. The van der Waals surface area contributed by atoms with Crippen LogP contribution in [0.25, 0.3) is 0 Å². The van der Waals surface area contributed by atoms with Crippen molar-refractivity contribution in [3.05, 3.63) is 70.8 Å². The van der Waals surface area contributed by atoms with E-state index in [0.717, 1.165) is 24.3 Å². The average Bonchev–Trinajstić information content (AvgIpc) is 2.52. The fraction of sp³-hybridized carbons (Fsp3) is 0.188. The Morgan fingerprint density at radius 3 is 1.08 bits per heavy atom. The summed E-state index contributed by atoms with van der Waals surface area (Å²) in [5.74, 6) is -1.84. The first-order valence-corrected chi connectivity index (χ1v) is 6.68. The minimum atomic E-state index is -4.66. The third-order valence-corrected chi connectivity index (χ3v) is 3.57. The maximum Gasteiger partial charge on any atom is 0.416 e. The molecule has 0 fully saturated rings. The van der Waals surface area contributed by atoms with E-state index in [1.807, 2.05) is 0 Å². The molecule has 0 amide bonds. The van der Waals surface area contributed by atoms with Gasteiger partial charge in [0.05, 0.1) is 11.1 Å². The Kier molecular flexibility index (Phi) is 4.56. The van der Waals surface area contributed by atoms with Crippen LogP contribution in [-0.2, 0) is 22.7 Å². The molecule has 0 aliphatic heterocycles. The highest BCUT2D eigenvalue weighted by Crippen LogP contribution is 2.36. The number of rotatable bonds is 3. The quantitative estimate of drug-likeness (QED) is 0.808. The topological polar surface area (TPSA) is 57.5 Å². The van der Waals surface area contributed by atoms with Crippen molar-refractivity contribution < 1.29 is 41.4 Å². The number of hydrogen-bond donors (Lipinski definition) is 2. The molecule has 0 atom stereocenters. The molecule has 0 aliphatic rings. The summed E-state index contributed by atoms with van der Waals surface area (Å²) >= 11 is 0. The Morgan fingerprint density at radius 1 is 0.640 bits per heavy atom. The van der Waals surface area contributed by atoms with Gasteiger partial charge in [0.1, 0.15) is 0 Å². The number of benzene rings is 2. The monoisotopic (exact) mass is 364 g/mol. The van der Waals surface area contributed by atoms with Crippen molar-refractivity contribution in [2.45, 2.75) is 18.0 Å². The molecular weight excluding hydrogens is 354 g/mol. The smallest absolute Gasteiger partial charge is 0.416 e. The number of alkyl halides is 6. The second kappa shape index (κ2) is 6.07. The molecule has 0 unspecified atom stereocenters. The lowest BCUT2D eigenvalue weighted by atomic mass is 9.85. The Balaban J connectivity index is 2.50. The van der Waals surface area contributed by atoms with Gasteiger partial charge in [0.2, 0.25) is 5.60 Å². The number of aliphatic carboxylic acids is 1. The van der Waals surface area contributed by atoms with Gasteiger partial charge in [-0.2, -0.15) is 26.3 Å². The standard InChI is InChI=1S/C16H10F6O3/c17-15(18,19)11-5-1-9(2-6-11)14(25,13(23)24)10-3-7-12(8-4-10)16(20,21)22/h1-8,25H,(H,23,24). The Bertz CT molecular complexity index is 703. The van der Waals surface area contributed by atoms with E-state index in [1.165, 1.54) is 0 Å². The third-order valence-electron chi connectivity index (χ3n) is 3.57. The number of carboxylic acids is 1. The molecular formula is C16H10F6O3. The molecule has 0 spiro atoms. The van der Waals surface area contributed by atoms with Crippen LogP contribution >= 0.6 is 0 Å². The van der Waals surface area contributed by atoms with Crippen molar-refractivity contribution in [2.24, 2.45) is 0 Å². The lowest BCUT2D eigenvalue weighted by Gasteiger charge is -2.25. The first-order chi connectivity index (χ1) is 11.4. The summed E-state index contributed by atoms with van der Waals surface area (Å²) in [6.45, 7) is 0. The minimum absolute atomic E-state index is 0.423. The molecule has 0 aliphatic carbocycles. The molecule has 2 N–H and O–H groups in total. The van der Waals surface area contributed by atoms with Gasteiger partial charge in [-0.05, 0) is 35.4 Å². The largest absolute Gasteiger partial charge is 0.479 e. The predicted molar refractivity (Wildman–Crippen MR) is 73.5 cm³/mol. The Morgan fingerprint density at radius 2 is 0.880 bits per heavy atom. The fourth-order valence-electron chi connectivity index (χ4n) is 2.21.